The number of carbonyl (C=O) groups is 2. The van der Waals surface area contributed by atoms with Crippen molar-refractivity contribution < 1.29 is 9.59 Å². The highest BCUT2D eigenvalue weighted by molar-refractivity contribution is 5.91. The molecular formula is C12H23N3O2. The van der Waals surface area contributed by atoms with Crippen molar-refractivity contribution in [3.05, 3.63) is 0 Å². The lowest BCUT2D eigenvalue weighted by Gasteiger charge is -2.27. The summed E-state index contributed by atoms with van der Waals surface area (Å²) in [5.74, 6) is -0.310. The van der Waals surface area contributed by atoms with Crippen LogP contribution in [0.5, 0.6) is 0 Å². The summed E-state index contributed by atoms with van der Waals surface area (Å²) in [7, 11) is 0. The van der Waals surface area contributed by atoms with Crippen molar-refractivity contribution in [2.45, 2.75) is 57.5 Å². The molecule has 0 bridgehead atoms. The number of rotatable bonds is 4. The molecule has 0 spiro atoms. The van der Waals surface area contributed by atoms with E-state index >= 15 is 0 Å². The van der Waals surface area contributed by atoms with Crippen molar-refractivity contribution in [1.82, 2.24) is 10.6 Å². The van der Waals surface area contributed by atoms with Crippen LogP contribution in [0.15, 0.2) is 0 Å². The molecule has 5 heteroatoms. The van der Waals surface area contributed by atoms with Crippen LogP contribution in [0.1, 0.15) is 46.0 Å². The molecule has 1 heterocycles. The van der Waals surface area contributed by atoms with Crippen LogP contribution in [0, 0.1) is 0 Å². The van der Waals surface area contributed by atoms with E-state index in [1.54, 1.807) is 0 Å². The number of carbonyl (C=O) groups excluding carboxylic acids is 2. The highest BCUT2D eigenvalue weighted by Crippen LogP contribution is 2.13. The van der Waals surface area contributed by atoms with Gasteiger partial charge in [0.15, 0.2) is 0 Å². The van der Waals surface area contributed by atoms with Crippen molar-refractivity contribution in [3.8, 4) is 0 Å². The van der Waals surface area contributed by atoms with Gasteiger partial charge >= 0.3 is 0 Å². The van der Waals surface area contributed by atoms with Gasteiger partial charge in [0.1, 0.15) is 6.04 Å². The van der Waals surface area contributed by atoms with Crippen molar-refractivity contribution in [2.24, 2.45) is 5.73 Å². The van der Waals surface area contributed by atoms with Crippen LogP contribution in [0.2, 0.25) is 0 Å². The molecule has 98 valence electrons. The Morgan fingerprint density at radius 3 is 2.71 bits per heavy atom. The molecule has 0 aromatic rings. The summed E-state index contributed by atoms with van der Waals surface area (Å²) in [5, 5.41) is 5.57. The Bertz CT molecular complexity index is 287. The third-order valence-electron chi connectivity index (χ3n) is 3.55. The maximum atomic E-state index is 12.0. The first kappa shape index (κ1) is 14.0. The molecule has 2 amide bonds. The van der Waals surface area contributed by atoms with Crippen LogP contribution in [-0.2, 0) is 9.59 Å². The molecule has 1 atom stereocenters. The van der Waals surface area contributed by atoms with Gasteiger partial charge in [0, 0.05) is 6.54 Å². The number of hydrogen-bond donors (Lipinski definition) is 3. The Morgan fingerprint density at radius 1 is 1.47 bits per heavy atom. The van der Waals surface area contributed by atoms with Crippen molar-refractivity contribution >= 4 is 11.8 Å². The summed E-state index contributed by atoms with van der Waals surface area (Å²) >= 11 is 0. The minimum Gasteiger partial charge on any atom is -0.354 e. The third kappa shape index (κ3) is 3.43. The van der Waals surface area contributed by atoms with Gasteiger partial charge in [-0.3, -0.25) is 9.59 Å². The molecule has 0 aromatic carbocycles. The van der Waals surface area contributed by atoms with Gasteiger partial charge in [0.25, 0.3) is 0 Å². The lowest BCUT2D eigenvalue weighted by atomic mass is 9.92. The second kappa shape index (κ2) is 6.00. The van der Waals surface area contributed by atoms with Gasteiger partial charge in [0.2, 0.25) is 11.8 Å². The molecule has 17 heavy (non-hydrogen) atoms. The Morgan fingerprint density at radius 2 is 2.12 bits per heavy atom. The van der Waals surface area contributed by atoms with E-state index in [2.05, 4.69) is 10.6 Å². The van der Waals surface area contributed by atoms with Crippen LogP contribution in [0.25, 0.3) is 0 Å². The van der Waals surface area contributed by atoms with Crippen molar-refractivity contribution in [3.63, 3.8) is 0 Å². The molecule has 1 saturated heterocycles. The Balaban J connectivity index is 2.63. The second-order valence-corrected chi connectivity index (χ2v) is 4.68. The highest BCUT2D eigenvalue weighted by Gasteiger charge is 2.33. The van der Waals surface area contributed by atoms with E-state index in [0.717, 1.165) is 12.8 Å². The lowest BCUT2D eigenvalue weighted by Crippen LogP contribution is -2.57. The molecule has 0 aromatic heterocycles. The van der Waals surface area contributed by atoms with Crippen LogP contribution in [0.4, 0.5) is 0 Å². The molecule has 0 aliphatic carbocycles. The van der Waals surface area contributed by atoms with Gasteiger partial charge in [0.05, 0.1) is 5.54 Å². The van der Waals surface area contributed by atoms with Crippen LogP contribution in [0.3, 0.4) is 0 Å². The number of nitrogens with two attached hydrogens (primary N) is 1. The standard InChI is InChI=1S/C12H23N3O2/c1-3-12(13,4-2)11(17)15-9-7-5-6-8-14-10(9)16/h9H,3-8,13H2,1-2H3,(H,14,16)(H,15,17). The summed E-state index contributed by atoms with van der Waals surface area (Å²) < 4.78 is 0. The molecular weight excluding hydrogens is 218 g/mol. The number of amides is 2. The first-order valence-electron chi connectivity index (χ1n) is 6.41. The molecule has 5 nitrogen and oxygen atoms in total. The Kier molecular flexibility index (Phi) is 4.93. The number of hydrogen-bond acceptors (Lipinski definition) is 3. The highest BCUT2D eigenvalue weighted by atomic mass is 16.2. The van der Waals surface area contributed by atoms with Gasteiger partial charge in [-0.15, -0.1) is 0 Å². The third-order valence-corrected chi connectivity index (χ3v) is 3.55. The zero-order chi connectivity index (χ0) is 12.9. The molecule has 0 radical (unpaired) electrons. The van der Waals surface area contributed by atoms with Gasteiger partial charge in [-0.2, -0.15) is 0 Å². The minimum atomic E-state index is -0.855. The summed E-state index contributed by atoms with van der Waals surface area (Å²) in [6, 6.07) is -0.425. The molecule has 1 aliphatic rings. The zero-order valence-corrected chi connectivity index (χ0v) is 10.7. The lowest BCUT2D eigenvalue weighted by molar-refractivity contribution is -0.132. The first-order chi connectivity index (χ1) is 8.03. The van der Waals surface area contributed by atoms with E-state index in [-0.39, 0.29) is 11.8 Å². The van der Waals surface area contributed by atoms with Crippen molar-refractivity contribution in [2.75, 3.05) is 6.54 Å². The van der Waals surface area contributed by atoms with Crippen LogP contribution >= 0.6 is 0 Å². The van der Waals surface area contributed by atoms with Gasteiger partial charge in [-0.25, -0.2) is 0 Å². The molecule has 4 N–H and O–H groups in total. The first-order valence-corrected chi connectivity index (χ1v) is 6.41. The summed E-state index contributed by atoms with van der Waals surface area (Å²) in [6.07, 6.45) is 3.75. The summed E-state index contributed by atoms with van der Waals surface area (Å²) in [5.41, 5.74) is 5.14. The van der Waals surface area contributed by atoms with Gasteiger partial charge < -0.3 is 16.4 Å². The van der Waals surface area contributed by atoms with Crippen LogP contribution < -0.4 is 16.4 Å². The molecule has 1 fully saturated rings. The normalized spacial score (nSPS) is 21.6. The SMILES string of the molecule is CCC(N)(CC)C(=O)NC1CCCCNC1=O. The van der Waals surface area contributed by atoms with E-state index in [1.807, 2.05) is 13.8 Å². The van der Waals surface area contributed by atoms with E-state index < -0.39 is 11.6 Å². The second-order valence-electron chi connectivity index (χ2n) is 4.68. The minimum absolute atomic E-state index is 0.0922. The molecule has 1 aliphatic heterocycles. The predicted molar refractivity (Wildman–Crippen MR) is 66.3 cm³/mol. The maximum absolute atomic E-state index is 12.0. The maximum Gasteiger partial charge on any atom is 0.242 e. The fourth-order valence-corrected chi connectivity index (χ4v) is 1.95. The number of nitrogens with one attached hydrogen (secondary N) is 2. The monoisotopic (exact) mass is 241 g/mol. The summed E-state index contributed by atoms with van der Waals surface area (Å²) in [4.78, 5) is 23.7. The van der Waals surface area contributed by atoms with E-state index in [4.69, 9.17) is 5.73 Å². The fraction of sp³-hybridized carbons (Fsp3) is 0.833. The van der Waals surface area contributed by atoms with E-state index in [9.17, 15) is 9.59 Å². The molecule has 0 saturated carbocycles. The zero-order valence-electron chi connectivity index (χ0n) is 10.7. The van der Waals surface area contributed by atoms with Crippen molar-refractivity contribution in [1.29, 1.82) is 0 Å². The average Bonchev–Trinajstić information content (AvgIpc) is 2.54. The van der Waals surface area contributed by atoms with E-state index in [1.165, 1.54) is 0 Å². The van der Waals surface area contributed by atoms with Gasteiger partial charge in [-0.05, 0) is 32.1 Å². The predicted octanol–water partition coefficient (Wildman–Crippen LogP) is 0.289. The summed E-state index contributed by atoms with van der Waals surface area (Å²) in [6.45, 7) is 4.47. The molecule has 1 unspecified atom stereocenters. The fourth-order valence-electron chi connectivity index (χ4n) is 1.95. The smallest absolute Gasteiger partial charge is 0.242 e. The van der Waals surface area contributed by atoms with Gasteiger partial charge in [-0.1, -0.05) is 13.8 Å². The largest absolute Gasteiger partial charge is 0.354 e. The van der Waals surface area contributed by atoms with E-state index in [0.29, 0.717) is 25.8 Å². The molecule has 1 rings (SSSR count). The topological polar surface area (TPSA) is 84.2 Å². The van der Waals surface area contributed by atoms with Crippen LogP contribution in [-0.4, -0.2) is 29.9 Å². The Labute approximate surface area is 103 Å². The Hall–Kier alpha value is -1.10. The quantitative estimate of drug-likeness (QED) is 0.661. The average molecular weight is 241 g/mol.